The van der Waals surface area contributed by atoms with Gasteiger partial charge in [-0.3, -0.25) is 4.79 Å². The lowest BCUT2D eigenvalue weighted by Crippen LogP contribution is -2.34. The third-order valence-corrected chi connectivity index (χ3v) is 3.47. The molecule has 0 radical (unpaired) electrons. The Hall–Kier alpha value is -1.21. The monoisotopic (exact) mass is 190 g/mol. The molecule has 2 aliphatic rings. The van der Waals surface area contributed by atoms with Crippen LogP contribution in [0.2, 0.25) is 0 Å². The van der Waals surface area contributed by atoms with E-state index in [1.807, 2.05) is 0 Å². The quantitative estimate of drug-likeness (QED) is 0.426. The molecule has 0 aliphatic heterocycles. The molecule has 2 aliphatic carbocycles. The number of carbonyl (C=O) groups is 1. The molecule has 0 heterocycles. The summed E-state index contributed by atoms with van der Waals surface area (Å²) in [4.78, 5) is 14.5. The van der Waals surface area contributed by atoms with Gasteiger partial charge in [0, 0.05) is 5.41 Å². The second-order valence-corrected chi connectivity index (χ2v) is 4.53. The van der Waals surface area contributed by atoms with Crippen molar-refractivity contribution in [2.45, 2.75) is 39.0 Å². The van der Waals surface area contributed by atoms with Crippen molar-refractivity contribution in [1.82, 2.24) is 0 Å². The SMILES string of the molecule is CC12CCCCC1=CC(=O)C(=[N+]=[N-])C2. The Kier molecular flexibility index (Phi) is 2.12. The Morgan fingerprint density at radius 3 is 3.00 bits per heavy atom. The molecule has 3 heteroatoms. The normalized spacial score (nSPS) is 31.9. The molecule has 0 N–H and O–H groups in total. The molecule has 1 atom stereocenters. The maximum atomic E-state index is 11.5. The van der Waals surface area contributed by atoms with Crippen LogP contribution in [0, 0.1) is 5.41 Å². The summed E-state index contributed by atoms with van der Waals surface area (Å²) in [6.45, 7) is 2.16. The van der Waals surface area contributed by atoms with E-state index in [1.165, 1.54) is 18.4 Å². The molecule has 0 spiro atoms. The molecule has 1 fully saturated rings. The van der Waals surface area contributed by atoms with Crippen LogP contribution in [0.3, 0.4) is 0 Å². The summed E-state index contributed by atoms with van der Waals surface area (Å²) in [6.07, 6.45) is 6.80. The highest BCUT2D eigenvalue weighted by atomic mass is 16.1. The van der Waals surface area contributed by atoms with Crippen LogP contribution in [0.1, 0.15) is 39.0 Å². The molecule has 74 valence electrons. The minimum atomic E-state index is -0.109. The van der Waals surface area contributed by atoms with Gasteiger partial charge in [-0.05, 0) is 25.3 Å². The number of nitrogens with zero attached hydrogens (tertiary/aromatic N) is 2. The Balaban J connectivity index is 2.42. The number of carbonyl (C=O) groups excluding carboxylic acids is 1. The minimum absolute atomic E-state index is 0.0771. The highest BCUT2D eigenvalue weighted by molar-refractivity contribution is 6.42. The molecule has 14 heavy (non-hydrogen) atoms. The van der Waals surface area contributed by atoms with E-state index in [4.69, 9.17) is 5.53 Å². The van der Waals surface area contributed by atoms with Crippen molar-refractivity contribution < 1.29 is 9.58 Å². The largest absolute Gasteiger partial charge is 0.361 e. The van der Waals surface area contributed by atoms with Crippen molar-refractivity contribution in [2.24, 2.45) is 5.41 Å². The van der Waals surface area contributed by atoms with Gasteiger partial charge >= 0.3 is 5.71 Å². The standard InChI is InChI=1S/C11H14N2O/c1-11-5-3-2-4-8(11)6-10(14)9(7-11)13-12/h6H,2-5,7H2,1H3. The first-order valence-electron chi connectivity index (χ1n) is 5.12. The van der Waals surface area contributed by atoms with Crippen LogP contribution in [-0.2, 0) is 4.79 Å². The first-order chi connectivity index (χ1) is 6.65. The van der Waals surface area contributed by atoms with Crippen molar-refractivity contribution in [2.75, 3.05) is 0 Å². The molecule has 1 unspecified atom stereocenters. The van der Waals surface area contributed by atoms with Gasteiger partial charge in [-0.15, -0.1) is 0 Å². The average molecular weight is 190 g/mol. The van der Waals surface area contributed by atoms with Gasteiger partial charge in [0.05, 0.1) is 6.42 Å². The molecule has 0 aromatic heterocycles. The first-order valence-corrected chi connectivity index (χ1v) is 5.12. The topological polar surface area (TPSA) is 53.5 Å². The zero-order chi connectivity index (χ0) is 10.2. The third kappa shape index (κ3) is 1.34. The molecule has 3 nitrogen and oxygen atoms in total. The molecule has 0 aromatic carbocycles. The smallest absolute Gasteiger partial charge is 0.339 e. The third-order valence-electron chi connectivity index (χ3n) is 3.47. The molecule has 0 saturated heterocycles. The second kappa shape index (κ2) is 3.18. The molecular weight excluding hydrogens is 176 g/mol. The molecule has 1 saturated carbocycles. The van der Waals surface area contributed by atoms with Gasteiger partial charge in [0.15, 0.2) is 0 Å². The first kappa shape index (κ1) is 9.35. The molecule has 0 amide bonds. The minimum Gasteiger partial charge on any atom is -0.361 e. The maximum absolute atomic E-state index is 11.5. The summed E-state index contributed by atoms with van der Waals surface area (Å²) in [6, 6.07) is 0. The maximum Gasteiger partial charge on any atom is 0.339 e. The van der Waals surface area contributed by atoms with Gasteiger partial charge in [-0.2, -0.15) is 4.79 Å². The zero-order valence-electron chi connectivity index (χ0n) is 8.42. The lowest BCUT2D eigenvalue weighted by Gasteiger charge is -2.36. The fourth-order valence-corrected chi connectivity index (χ4v) is 2.52. The summed E-state index contributed by atoms with van der Waals surface area (Å²) in [5.41, 5.74) is 10.3. The summed E-state index contributed by atoms with van der Waals surface area (Å²) in [5, 5.41) is 0. The van der Waals surface area contributed by atoms with Crippen molar-refractivity contribution in [3.8, 4) is 0 Å². The average Bonchev–Trinajstić information content (AvgIpc) is 2.18. The van der Waals surface area contributed by atoms with Crippen molar-refractivity contribution >= 4 is 11.5 Å². The van der Waals surface area contributed by atoms with Gasteiger partial charge in [-0.25, -0.2) is 0 Å². The predicted molar refractivity (Wildman–Crippen MR) is 52.9 cm³/mol. The van der Waals surface area contributed by atoms with Crippen LogP contribution in [0.5, 0.6) is 0 Å². The van der Waals surface area contributed by atoms with E-state index in [2.05, 4.69) is 11.7 Å². The van der Waals surface area contributed by atoms with E-state index in [9.17, 15) is 4.79 Å². The van der Waals surface area contributed by atoms with Crippen molar-refractivity contribution in [3.05, 3.63) is 17.2 Å². The van der Waals surface area contributed by atoms with Crippen LogP contribution in [-0.4, -0.2) is 16.3 Å². The number of ketones is 1. The van der Waals surface area contributed by atoms with Crippen molar-refractivity contribution in [1.29, 1.82) is 0 Å². The predicted octanol–water partition coefficient (Wildman–Crippen LogP) is 2.14. The number of hydrogen-bond donors (Lipinski definition) is 0. The summed E-state index contributed by atoms with van der Waals surface area (Å²) >= 11 is 0. The van der Waals surface area contributed by atoms with Crippen molar-refractivity contribution in [3.63, 3.8) is 0 Å². The second-order valence-electron chi connectivity index (χ2n) is 4.53. The van der Waals surface area contributed by atoms with Crippen LogP contribution in [0.4, 0.5) is 0 Å². The van der Waals surface area contributed by atoms with Crippen LogP contribution < -0.4 is 0 Å². The van der Waals surface area contributed by atoms with E-state index < -0.39 is 0 Å². The lowest BCUT2D eigenvalue weighted by molar-refractivity contribution is -0.114. The Morgan fingerprint density at radius 2 is 2.29 bits per heavy atom. The number of fused-ring (bicyclic) bond motifs is 1. The molecule has 0 bridgehead atoms. The summed E-state index contributed by atoms with van der Waals surface area (Å²) < 4.78 is 0. The van der Waals surface area contributed by atoms with Gasteiger partial charge in [0.25, 0.3) is 5.78 Å². The molecule has 0 aromatic rings. The van der Waals surface area contributed by atoms with E-state index in [0.717, 1.165) is 12.8 Å². The van der Waals surface area contributed by atoms with Gasteiger partial charge in [0.1, 0.15) is 0 Å². The van der Waals surface area contributed by atoms with Gasteiger partial charge in [0.2, 0.25) is 0 Å². The number of allylic oxidation sites excluding steroid dienone is 2. The Bertz CT molecular complexity index is 363. The van der Waals surface area contributed by atoms with E-state index >= 15 is 0 Å². The molecular formula is C11H14N2O. The van der Waals surface area contributed by atoms with Gasteiger partial charge in [-0.1, -0.05) is 18.9 Å². The lowest BCUT2D eigenvalue weighted by atomic mass is 9.65. The van der Waals surface area contributed by atoms with Crippen LogP contribution in [0.25, 0.3) is 5.53 Å². The Morgan fingerprint density at radius 1 is 1.50 bits per heavy atom. The number of hydrogen-bond acceptors (Lipinski definition) is 1. The fraction of sp³-hybridized carbons (Fsp3) is 0.636. The molecule has 2 rings (SSSR count). The van der Waals surface area contributed by atoms with E-state index in [-0.39, 0.29) is 11.2 Å². The summed E-state index contributed by atoms with van der Waals surface area (Å²) in [7, 11) is 0. The highest BCUT2D eigenvalue weighted by Gasteiger charge is 2.41. The Labute approximate surface area is 83.4 Å². The van der Waals surface area contributed by atoms with E-state index in [1.54, 1.807) is 6.08 Å². The van der Waals surface area contributed by atoms with Crippen LogP contribution in [0.15, 0.2) is 11.6 Å². The van der Waals surface area contributed by atoms with Gasteiger partial charge < -0.3 is 5.53 Å². The number of rotatable bonds is 0. The highest BCUT2D eigenvalue weighted by Crippen LogP contribution is 2.45. The fourth-order valence-electron chi connectivity index (χ4n) is 2.52. The van der Waals surface area contributed by atoms with Crippen LogP contribution >= 0.6 is 0 Å². The summed E-state index contributed by atoms with van der Waals surface area (Å²) in [5.74, 6) is -0.109. The zero-order valence-corrected chi connectivity index (χ0v) is 8.42. The van der Waals surface area contributed by atoms with E-state index in [0.29, 0.717) is 12.1 Å².